The second-order valence-electron chi connectivity index (χ2n) is 4.71. The van der Waals surface area contributed by atoms with Crippen LogP contribution in [0.15, 0.2) is 36.4 Å². The van der Waals surface area contributed by atoms with E-state index in [9.17, 15) is 0 Å². The maximum absolute atomic E-state index is 2.35. The lowest BCUT2D eigenvalue weighted by molar-refractivity contribution is 0.446. The molecule has 1 aliphatic rings. The normalized spacial score (nSPS) is 18.4. The summed E-state index contributed by atoms with van der Waals surface area (Å²) in [4.78, 5) is 0. The van der Waals surface area contributed by atoms with E-state index >= 15 is 0 Å². The first kappa shape index (κ1) is 9.08. The van der Waals surface area contributed by atoms with E-state index in [-0.39, 0.29) is 0 Å². The zero-order valence-corrected chi connectivity index (χ0v) is 9.08. The number of hydrogen-bond donors (Lipinski definition) is 0. The molecule has 15 heavy (non-hydrogen) atoms. The summed E-state index contributed by atoms with van der Waals surface area (Å²) in [5, 5.41) is 2.91. The number of benzene rings is 1. The van der Waals surface area contributed by atoms with E-state index in [1.165, 1.54) is 42.9 Å². The van der Waals surface area contributed by atoms with E-state index in [2.05, 4.69) is 36.4 Å². The maximum atomic E-state index is 2.35. The standard InChI is InChI=1S/C15H17/c1-2-6-12(7-3-1)15-11-10-13-8-4-5-9-14(13)15/h4-5,8-12H,1-3,6-7H2/q-1. The Morgan fingerprint density at radius 1 is 0.933 bits per heavy atom. The second-order valence-corrected chi connectivity index (χ2v) is 4.71. The molecule has 0 nitrogen and oxygen atoms in total. The van der Waals surface area contributed by atoms with E-state index in [4.69, 9.17) is 0 Å². The lowest BCUT2D eigenvalue weighted by Gasteiger charge is -2.24. The van der Waals surface area contributed by atoms with E-state index < -0.39 is 0 Å². The highest BCUT2D eigenvalue weighted by Gasteiger charge is 2.13. The molecule has 1 aliphatic carbocycles. The van der Waals surface area contributed by atoms with Crippen molar-refractivity contribution in [3.8, 4) is 0 Å². The third-order valence-electron chi connectivity index (χ3n) is 3.76. The molecule has 78 valence electrons. The number of fused-ring (bicyclic) bond motifs is 1. The number of hydrogen-bond acceptors (Lipinski definition) is 0. The molecule has 0 saturated heterocycles. The highest BCUT2D eigenvalue weighted by molar-refractivity contribution is 5.88. The van der Waals surface area contributed by atoms with Crippen LogP contribution in [0.1, 0.15) is 43.6 Å². The van der Waals surface area contributed by atoms with Gasteiger partial charge in [-0.3, -0.25) is 0 Å². The third kappa shape index (κ3) is 1.58. The fourth-order valence-electron chi connectivity index (χ4n) is 2.94. The predicted molar refractivity (Wildman–Crippen MR) is 65.4 cm³/mol. The summed E-state index contributed by atoms with van der Waals surface area (Å²) in [5.74, 6) is 0.832. The highest BCUT2D eigenvalue weighted by Crippen LogP contribution is 2.37. The van der Waals surface area contributed by atoms with Gasteiger partial charge in [0.05, 0.1) is 0 Å². The van der Waals surface area contributed by atoms with Gasteiger partial charge < -0.3 is 0 Å². The predicted octanol–water partition coefficient (Wildman–Crippen LogP) is 4.61. The van der Waals surface area contributed by atoms with Gasteiger partial charge in [0.2, 0.25) is 0 Å². The van der Waals surface area contributed by atoms with Crippen molar-refractivity contribution in [2.24, 2.45) is 0 Å². The van der Waals surface area contributed by atoms with Crippen LogP contribution in [-0.4, -0.2) is 0 Å². The fourth-order valence-corrected chi connectivity index (χ4v) is 2.94. The van der Waals surface area contributed by atoms with Gasteiger partial charge >= 0.3 is 0 Å². The minimum Gasteiger partial charge on any atom is -0.148 e. The van der Waals surface area contributed by atoms with Crippen molar-refractivity contribution in [3.05, 3.63) is 42.0 Å². The summed E-state index contributed by atoms with van der Waals surface area (Å²) in [6.07, 6.45) is 7.07. The summed E-state index contributed by atoms with van der Waals surface area (Å²) in [7, 11) is 0. The first-order valence-corrected chi connectivity index (χ1v) is 6.09. The summed E-state index contributed by atoms with van der Waals surface area (Å²) in [6.45, 7) is 0. The smallest absolute Gasteiger partial charge is 0.0500 e. The maximum Gasteiger partial charge on any atom is -0.0500 e. The molecule has 0 spiro atoms. The van der Waals surface area contributed by atoms with Crippen LogP contribution in [0.5, 0.6) is 0 Å². The molecule has 1 saturated carbocycles. The van der Waals surface area contributed by atoms with Gasteiger partial charge in [-0.15, -0.1) is 47.3 Å². The molecule has 0 amide bonds. The Kier molecular flexibility index (Phi) is 2.28. The molecule has 0 heteroatoms. The molecular weight excluding hydrogens is 180 g/mol. The molecule has 0 atom stereocenters. The van der Waals surface area contributed by atoms with Crippen molar-refractivity contribution < 1.29 is 0 Å². The van der Waals surface area contributed by atoms with Gasteiger partial charge in [0.1, 0.15) is 0 Å². The molecule has 2 aromatic rings. The first-order valence-electron chi connectivity index (χ1n) is 6.09. The molecule has 0 radical (unpaired) electrons. The monoisotopic (exact) mass is 197 g/mol. The van der Waals surface area contributed by atoms with Crippen LogP contribution in [0.3, 0.4) is 0 Å². The van der Waals surface area contributed by atoms with Crippen LogP contribution in [0.25, 0.3) is 10.8 Å². The lowest BCUT2D eigenvalue weighted by atomic mass is 9.84. The molecule has 0 N–H and O–H groups in total. The zero-order chi connectivity index (χ0) is 10.1. The minimum atomic E-state index is 0.832. The van der Waals surface area contributed by atoms with Crippen LogP contribution < -0.4 is 0 Å². The quantitative estimate of drug-likeness (QED) is 0.586. The Morgan fingerprint density at radius 3 is 2.67 bits per heavy atom. The Morgan fingerprint density at radius 2 is 1.80 bits per heavy atom. The summed E-state index contributed by atoms with van der Waals surface area (Å²) < 4.78 is 0. The molecule has 0 unspecified atom stereocenters. The lowest BCUT2D eigenvalue weighted by Crippen LogP contribution is -2.03. The molecule has 0 aromatic heterocycles. The molecular formula is C15H17-. The third-order valence-corrected chi connectivity index (χ3v) is 3.76. The van der Waals surface area contributed by atoms with Gasteiger partial charge in [-0.05, 0) is 5.92 Å². The zero-order valence-electron chi connectivity index (χ0n) is 9.08. The Labute approximate surface area is 91.3 Å². The molecule has 3 rings (SSSR count). The fraction of sp³-hybridized carbons (Fsp3) is 0.400. The SMILES string of the molecule is c1cc[c-]2ccc(C3CCCCC3)c2c1. The van der Waals surface area contributed by atoms with Crippen molar-refractivity contribution in [2.45, 2.75) is 38.0 Å². The number of rotatable bonds is 1. The van der Waals surface area contributed by atoms with Gasteiger partial charge in [-0.2, -0.15) is 0 Å². The van der Waals surface area contributed by atoms with E-state index in [1.807, 2.05) is 0 Å². The Balaban J connectivity index is 2.02. The first-order chi connectivity index (χ1) is 7.45. The van der Waals surface area contributed by atoms with E-state index in [0.717, 1.165) is 5.92 Å². The van der Waals surface area contributed by atoms with Gasteiger partial charge in [0.15, 0.2) is 0 Å². The molecule has 1 fully saturated rings. The van der Waals surface area contributed by atoms with Crippen molar-refractivity contribution in [2.75, 3.05) is 0 Å². The molecule has 0 bridgehead atoms. The highest BCUT2D eigenvalue weighted by atomic mass is 14.2. The Hall–Kier alpha value is -1.17. The van der Waals surface area contributed by atoms with Crippen molar-refractivity contribution in [1.29, 1.82) is 0 Å². The molecule has 0 heterocycles. The van der Waals surface area contributed by atoms with Gasteiger partial charge in [0.25, 0.3) is 0 Å². The van der Waals surface area contributed by atoms with Crippen LogP contribution in [0.2, 0.25) is 0 Å². The average Bonchev–Trinajstić information content (AvgIpc) is 2.74. The van der Waals surface area contributed by atoms with E-state index in [1.54, 1.807) is 5.56 Å². The van der Waals surface area contributed by atoms with Crippen molar-refractivity contribution in [1.82, 2.24) is 0 Å². The average molecular weight is 197 g/mol. The van der Waals surface area contributed by atoms with E-state index in [0.29, 0.717) is 0 Å². The van der Waals surface area contributed by atoms with Crippen molar-refractivity contribution in [3.63, 3.8) is 0 Å². The molecule has 0 aliphatic heterocycles. The summed E-state index contributed by atoms with van der Waals surface area (Å²) in [6, 6.07) is 13.4. The largest absolute Gasteiger partial charge is 0.148 e. The Bertz CT molecular complexity index is 444. The van der Waals surface area contributed by atoms with Crippen molar-refractivity contribution >= 4 is 10.8 Å². The van der Waals surface area contributed by atoms with Gasteiger partial charge in [-0.25, -0.2) is 0 Å². The minimum absolute atomic E-state index is 0.832. The topological polar surface area (TPSA) is 0 Å². The van der Waals surface area contributed by atoms with Crippen LogP contribution >= 0.6 is 0 Å². The van der Waals surface area contributed by atoms with Crippen LogP contribution in [-0.2, 0) is 0 Å². The van der Waals surface area contributed by atoms with Gasteiger partial charge in [0, 0.05) is 0 Å². The van der Waals surface area contributed by atoms with Gasteiger partial charge in [-0.1, -0.05) is 37.5 Å². The molecule has 2 aromatic carbocycles. The summed E-state index contributed by atoms with van der Waals surface area (Å²) >= 11 is 0. The second kappa shape index (κ2) is 3.77. The van der Waals surface area contributed by atoms with Crippen LogP contribution in [0.4, 0.5) is 0 Å². The summed E-state index contributed by atoms with van der Waals surface area (Å²) in [5.41, 5.74) is 1.60. The van der Waals surface area contributed by atoms with Crippen LogP contribution in [0, 0.1) is 0 Å².